The number of aromatic nitrogens is 1. The fourth-order valence-corrected chi connectivity index (χ4v) is 2.38. The van der Waals surface area contributed by atoms with Crippen LogP contribution in [0.1, 0.15) is 5.56 Å². The van der Waals surface area contributed by atoms with Gasteiger partial charge in [-0.1, -0.05) is 36.4 Å². The zero-order chi connectivity index (χ0) is 14.8. The summed E-state index contributed by atoms with van der Waals surface area (Å²) < 4.78 is 0. The standard InChI is InChI=1S/C17H16N4/c1-21(14-7-4-6-13(11-14)16(18)19)17-15-8-3-2-5-12(15)9-10-20-17/h2-11H,1H3,(H3,18,19). The number of nitrogens with zero attached hydrogens (tertiary/aromatic N) is 2. The molecule has 1 heterocycles. The van der Waals surface area contributed by atoms with Crippen molar-refractivity contribution in [3.63, 3.8) is 0 Å². The maximum atomic E-state index is 7.55. The lowest BCUT2D eigenvalue weighted by molar-refractivity contribution is 1.14. The average Bonchev–Trinajstić information content (AvgIpc) is 2.53. The number of nitrogens with one attached hydrogen (secondary N) is 1. The summed E-state index contributed by atoms with van der Waals surface area (Å²) in [4.78, 5) is 6.51. The summed E-state index contributed by atoms with van der Waals surface area (Å²) >= 11 is 0. The molecule has 0 saturated carbocycles. The molecule has 0 saturated heterocycles. The fourth-order valence-electron chi connectivity index (χ4n) is 2.38. The van der Waals surface area contributed by atoms with Gasteiger partial charge in [0.1, 0.15) is 11.7 Å². The van der Waals surface area contributed by atoms with Crippen molar-refractivity contribution in [1.82, 2.24) is 4.98 Å². The zero-order valence-electron chi connectivity index (χ0n) is 11.7. The molecule has 0 aliphatic heterocycles. The molecular formula is C17H16N4. The molecule has 104 valence electrons. The predicted molar refractivity (Wildman–Crippen MR) is 87.3 cm³/mol. The molecule has 0 aliphatic carbocycles. The van der Waals surface area contributed by atoms with E-state index in [4.69, 9.17) is 11.1 Å². The van der Waals surface area contributed by atoms with E-state index in [1.807, 2.05) is 60.6 Å². The van der Waals surface area contributed by atoms with E-state index in [2.05, 4.69) is 17.1 Å². The molecule has 3 aromatic rings. The van der Waals surface area contributed by atoms with Gasteiger partial charge in [0.15, 0.2) is 0 Å². The smallest absolute Gasteiger partial charge is 0.140 e. The lowest BCUT2D eigenvalue weighted by Gasteiger charge is -2.20. The number of rotatable bonds is 3. The van der Waals surface area contributed by atoms with Crippen LogP contribution in [0, 0.1) is 5.41 Å². The van der Waals surface area contributed by atoms with Crippen LogP contribution < -0.4 is 10.6 Å². The minimum atomic E-state index is 0.0659. The van der Waals surface area contributed by atoms with Crippen LogP contribution in [0.2, 0.25) is 0 Å². The molecule has 0 amide bonds. The van der Waals surface area contributed by atoms with Crippen LogP contribution in [0.15, 0.2) is 60.8 Å². The highest BCUT2D eigenvalue weighted by molar-refractivity contribution is 5.97. The molecule has 0 unspecified atom stereocenters. The van der Waals surface area contributed by atoms with Gasteiger partial charge in [-0.15, -0.1) is 0 Å². The largest absolute Gasteiger partial charge is 0.384 e. The Balaban J connectivity index is 2.10. The van der Waals surface area contributed by atoms with Crippen molar-refractivity contribution in [2.24, 2.45) is 5.73 Å². The van der Waals surface area contributed by atoms with E-state index in [0.717, 1.165) is 22.3 Å². The van der Waals surface area contributed by atoms with Crippen molar-refractivity contribution in [3.8, 4) is 0 Å². The summed E-state index contributed by atoms with van der Waals surface area (Å²) in [6.45, 7) is 0. The Bertz CT molecular complexity index is 805. The van der Waals surface area contributed by atoms with Crippen LogP contribution in [-0.4, -0.2) is 17.9 Å². The molecule has 4 nitrogen and oxygen atoms in total. The number of anilines is 2. The summed E-state index contributed by atoms with van der Waals surface area (Å²) in [6.07, 6.45) is 1.81. The van der Waals surface area contributed by atoms with E-state index >= 15 is 0 Å². The first kappa shape index (κ1) is 13.1. The van der Waals surface area contributed by atoms with Crippen LogP contribution in [0.5, 0.6) is 0 Å². The Labute approximate surface area is 123 Å². The van der Waals surface area contributed by atoms with Gasteiger partial charge in [-0.3, -0.25) is 5.41 Å². The van der Waals surface area contributed by atoms with E-state index in [9.17, 15) is 0 Å². The monoisotopic (exact) mass is 276 g/mol. The van der Waals surface area contributed by atoms with E-state index in [0.29, 0.717) is 5.56 Å². The van der Waals surface area contributed by atoms with Crippen molar-refractivity contribution in [2.75, 3.05) is 11.9 Å². The lowest BCUT2D eigenvalue weighted by atomic mass is 10.1. The Morgan fingerprint density at radius 3 is 2.71 bits per heavy atom. The Kier molecular flexibility index (Phi) is 3.28. The third-order valence-corrected chi connectivity index (χ3v) is 3.51. The molecule has 0 bridgehead atoms. The second-order valence-electron chi connectivity index (χ2n) is 4.88. The minimum Gasteiger partial charge on any atom is -0.384 e. The molecule has 3 N–H and O–H groups in total. The van der Waals surface area contributed by atoms with E-state index < -0.39 is 0 Å². The second-order valence-corrected chi connectivity index (χ2v) is 4.88. The molecule has 4 heteroatoms. The zero-order valence-corrected chi connectivity index (χ0v) is 11.7. The van der Waals surface area contributed by atoms with Crippen molar-refractivity contribution >= 4 is 28.1 Å². The number of benzene rings is 2. The first-order valence-corrected chi connectivity index (χ1v) is 6.69. The second kappa shape index (κ2) is 5.25. The van der Waals surface area contributed by atoms with Gasteiger partial charge < -0.3 is 10.6 Å². The van der Waals surface area contributed by atoms with Crippen LogP contribution >= 0.6 is 0 Å². The third-order valence-electron chi connectivity index (χ3n) is 3.51. The van der Waals surface area contributed by atoms with E-state index in [-0.39, 0.29) is 5.84 Å². The van der Waals surface area contributed by atoms with Crippen LogP contribution in [0.4, 0.5) is 11.5 Å². The Hall–Kier alpha value is -2.88. The molecule has 2 aromatic carbocycles. The van der Waals surface area contributed by atoms with Gasteiger partial charge in [-0.2, -0.15) is 0 Å². The van der Waals surface area contributed by atoms with Crippen molar-refractivity contribution in [1.29, 1.82) is 5.41 Å². The predicted octanol–water partition coefficient (Wildman–Crippen LogP) is 3.29. The van der Waals surface area contributed by atoms with Gasteiger partial charge in [0, 0.05) is 29.9 Å². The number of fused-ring (bicyclic) bond motifs is 1. The average molecular weight is 276 g/mol. The van der Waals surface area contributed by atoms with Crippen LogP contribution in [-0.2, 0) is 0 Å². The number of amidine groups is 1. The molecule has 0 fully saturated rings. The maximum Gasteiger partial charge on any atom is 0.140 e. The van der Waals surface area contributed by atoms with Crippen LogP contribution in [0.3, 0.4) is 0 Å². The fraction of sp³-hybridized carbons (Fsp3) is 0.0588. The normalized spacial score (nSPS) is 10.5. The molecule has 1 aromatic heterocycles. The van der Waals surface area contributed by atoms with Crippen molar-refractivity contribution < 1.29 is 0 Å². The number of pyridine rings is 1. The maximum absolute atomic E-state index is 7.55. The first-order chi connectivity index (χ1) is 10.2. The quantitative estimate of drug-likeness (QED) is 0.570. The first-order valence-electron chi connectivity index (χ1n) is 6.69. The summed E-state index contributed by atoms with van der Waals surface area (Å²) in [5.74, 6) is 0.949. The summed E-state index contributed by atoms with van der Waals surface area (Å²) in [7, 11) is 1.97. The highest BCUT2D eigenvalue weighted by Gasteiger charge is 2.10. The van der Waals surface area contributed by atoms with Gasteiger partial charge in [0.2, 0.25) is 0 Å². The van der Waals surface area contributed by atoms with E-state index in [1.165, 1.54) is 0 Å². The molecule has 0 spiro atoms. The van der Waals surface area contributed by atoms with Crippen molar-refractivity contribution in [3.05, 3.63) is 66.4 Å². The molecule has 3 rings (SSSR count). The minimum absolute atomic E-state index is 0.0659. The number of hydrogen-bond donors (Lipinski definition) is 2. The molecule has 0 atom stereocenters. The van der Waals surface area contributed by atoms with Gasteiger partial charge in [-0.25, -0.2) is 4.98 Å². The van der Waals surface area contributed by atoms with E-state index in [1.54, 1.807) is 0 Å². The SMILES string of the molecule is CN(c1cccc(C(=N)N)c1)c1nccc2ccccc12. The molecule has 21 heavy (non-hydrogen) atoms. The van der Waals surface area contributed by atoms with Gasteiger partial charge in [0.05, 0.1) is 0 Å². The number of nitrogens with two attached hydrogens (primary N) is 1. The van der Waals surface area contributed by atoms with Gasteiger partial charge in [-0.05, 0) is 23.6 Å². The van der Waals surface area contributed by atoms with Crippen molar-refractivity contribution in [2.45, 2.75) is 0 Å². The summed E-state index contributed by atoms with van der Waals surface area (Å²) in [5, 5.41) is 9.80. The molecule has 0 radical (unpaired) electrons. The van der Waals surface area contributed by atoms with Crippen LogP contribution in [0.25, 0.3) is 10.8 Å². The van der Waals surface area contributed by atoms with Gasteiger partial charge in [0.25, 0.3) is 0 Å². The highest BCUT2D eigenvalue weighted by Crippen LogP contribution is 2.29. The highest BCUT2D eigenvalue weighted by atomic mass is 15.2. The van der Waals surface area contributed by atoms with Gasteiger partial charge >= 0.3 is 0 Å². The summed E-state index contributed by atoms with van der Waals surface area (Å²) in [5.41, 5.74) is 7.22. The number of hydrogen-bond acceptors (Lipinski definition) is 3. The third kappa shape index (κ3) is 2.43. The Morgan fingerprint density at radius 2 is 1.90 bits per heavy atom. The lowest BCUT2D eigenvalue weighted by Crippen LogP contribution is -2.15. The Morgan fingerprint density at radius 1 is 1.10 bits per heavy atom. The topological polar surface area (TPSA) is 66.0 Å². The summed E-state index contributed by atoms with van der Waals surface area (Å²) in [6, 6.07) is 17.8. The molecule has 0 aliphatic rings. The molecular weight excluding hydrogens is 260 g/mol. The number of nitrogen functional groups attached to an aromatic ring is 1.